The van der Waals surface area contributed by atoms with Gasteiger partial charge in [-0.25, -0.2) is 0 Å². The average molecular weight is 527 g/mol. The summed E-state index contributed by atoms with van der Waals surface area (Å²) in [7, 11) is 0. The highest BCUT2D eigenvalue weighted by molar-refractivity contribution is 6.97. The zero-order valence-corrected chi connectivity index (χ0v) is 19.5. The third-order valence-electron chi connectivity index (χ3n) is 3.46. The summed E-state index contributed by atoms with van der Waals surface area (Å²) in [5.41, 5.74) is -0.887. The Bertz CT molecular complexity index is 727. The molecule has 0 bridgehead atoms. The third-order valence-corrected chi connectivity index (χ3v) is 5.04. The van der Waals surface area contributed by atoms with Gasteiger partial charge in [-0.3, -0.25) is 28.8 Å². The van der Waals surface area contributed by atoms with E-state index in [4.69, 9.17) is 46.4 Å². The summed E-state index contributed by atoms with van der Waals surface area (Å²) >= 11 is 29.9. The average Bonchev–Trinajstić information content (AvgIpc) is 2.63. The smallest absolute Gasteiger partial charge is 0.280 e. The second-order valence-corrected chi connectivity index (χ2v) is 7.04. The van der Waals surface area contributed by atoms with Gasteiger partial charge >= 0.3 is 10.5 Å². The predicted molar refractivity (Wildman–Crippen MR) is 113 cm³/mol. The van der Waals surface area contributed by atoms with E-state index in [1.807, 2.05) is 0 Å². The number of rotatable bonds is 7. The topological polar surface area (TPSA) is 102 Å². The Morgan fingerprint density at radius 3 is 1.03 bits per heavy atom. The lowest BCUT2D eigenvalue weighted by molar-refractivity contribution is -0.131. The molecule has 0 saturated carbocycles. The van der Waals surface area contributed by atoms with E-state index >= 15 is 0 Å². The van der Waals surface area contributed by atoms with Gasteiger partial charge in [0.05, 0.1) is 0 Å². The van der Waals surface area contributed by atoms with Gasteiger partial charge in [-0.05, 0) is 94.6 Å². The first kappa shape index (κ1) is 30.2. The maximum absolute atomic E-state index is 10.8. The standard InChI is InChI=1S/C8H4Cl2O2.C7H10Cl2O2.C2Cl2O2/c9-7(11)5-3-1-2-4-6(5)8(10)12;1-3-7(4-2,5(8)10)6(9)11;3-1(5)2(4)6/h1-4H;3-4H2,1-2H3;. The Balaban J connectivity index is 0. The fourth-order valence-corrected chi connectivity index (χ4v) is 2.79. The number of hydrogen-bond donors (Lipinski definition) is 0. The molecule has 0 unspecified atom stereocenters. The van der Waals surface area contributed by atoms with Gasteiger partial charge in [-0.2, -0.15) is 0 Å². The normalized spacial score (nSPS) is 9.79. The van der Waals surface area contributed by atoms with E-state index in [9.17, 15) is 28.8 Å². The van der Waals surface area contributed by atoms with Gasteiger partial charge in [-0.1, -0.05) is 26.0 Å². The number of benzene rings is 1. The molecule has 0 saturated heterocycles. The fourth-order valence-electron chi connectivity index (χ4n) is 1.71. The molecule has 29 heavy (non-hydrogen) atoms. The summed E-state index contributed by atoms with van der Waals surface area (Å²) in [6, 6.07) is 6.12. The van der Waals surface area contributed by atoms with Crippen LogP contribution in [0.1, 0.15) is 47.4 Å². The zero-order valence-electron chi connectivity index (χ0n) is 14.9. The molecule has 0 aliphatic heterocycles. The molecule has 1 aromatic carbocycles. The molecule has 1 rings (SSSR count). The van der Waals surface area contributed by atoms with E-state index in [2.05, 4.69) is 23.2 Å². The molecule has 6 nitrogen and oxygen atoms in total. The first-order valence-corrected chi connectivity index (χ1v) is 9.83. The van der Waals surface area contributed by atoms with Crippen LogP contribution >= 0.6 is 69.6 Å². The molecular weight excluding hydrogens is 513 g/mol. The van der Waals surface area contributed by atoms with E-state index in [0.717, 1.165) is 0 Å². The summed E-state index contributed by atoms with van der Waals surface area (Å²) in [5.74, 6) is 0. The first-order valence-electron chi connectivity index (χ1n) is 7.56. The molecule has 0 aromatic heterocycles. The molecular formula is C17H14Cl6O6. The SMILES string of the molecule is CCC(CC)(C(=O)Cl)C(=O)Cl.O=C(Cl)C(=O)Cl.O=C(Cl)c1ccccc1C(=O)Cl. The summed E-state index contributed by atoms with van der Waals surface area (Å²) in [5, 5.41) is -4.97. The summed E-state index contributed by atoms with van der Waals surface area (Å²) in [6.07, 6.45) is 0.711. The van der Waals surface area contributed by atoms with Crippen LogP contribution in [-0.2, 0) is 19.2 Å². The van der Waals surface area contributed by atoms with Crippen LogP contribution in [0.25, 0.3) is 0 Å². The molecule has 0 fully saturated rings. The molecule has 12 heteroatoms. The van der Waals surface area contributed by atoms with Crippen LogP contribution < -0.4 is 0 Å². The molecule has 0 amide bonds. The van der Waals surface area contributed by atoms with Crippen molar-refractivity contribution in [3.05, 3.63) is 35.4 Å². The minimum Gasteiger partial charge on any atom is -0.280 e. The number of hydrogen-bond acceptors (Lipinski definition) is 6. The lowest BCUT2D eigenvalue weighted by Gasteiger charge is -2.21. The summed E-state index contributed by atoms with van der Waals surface area (Å²) < 4.78 is 0. The predicted octanol–water partition coefficient (Wildman–Crippen LogP) is 5.29. The summed E-state index contributed by atoms with van der Waals surface area (Å²) in [4.78, 5) is 62.0. The van der Waals surface area contributed by atoms with Crippen molar-refractivity contribution in [2.24, 2.45) is 5.41 Å². The Labute approximate surface area is 196 Å². The van der Waals surface area contributed by atoms with Crippen molar-refractivity contribution in [3.8, 4) is 0 Å². The molecule has 0 N–H and O–H groups in total. The van der Waals surface area contributed by atoms with Crippen LogP contribution in [0.3, 0.4) is 0 Å². The van der Waals surface area contributed by atoms with Crippen molar-refractivity contribution in [1.82, 2.24) is 0 Å². The molecule has 160 valence electrons. The highest BCUT2D eigenvalue weighted by atomic mass is 35.5. The van der Waals surface area contributed by atoms with Crippen molar-refractivity contribution in [1.29, 1.82) is 0 Å². The number of carbonyl (C=O) groups is 6. The lowest BCUT2D eigenvalue weighted by Crippen LogP contribution is -2.32. The molecule has 1 aromatic rings. The molecule has 0 heterocycles. The van der Waals surface area contributed by atoms with Gasteiger partial charge in [0.2, 0.25) is 10.5 Å². The summed E-state index contributed by atoms with van der Waals surface area (Å²) in [6.45, 7) is 3.42. The van der Waals surface area contributed by atoms with Crippen molar-refractivity contribution in [3.63, 3.8) is 0 Å². The van der Waals surface area contributed by atoms with E-state index < -0.39 is 36.9 Å². The fraction of sp³-hybridized carbons (Fsp3) is 0.294. The molecule has 0 aliphatic rings. The van der Waals surface area contributed by atoms with Gasteiger partial charge < -0.3 is 0 Å². The first-order chi connectivity index (χ1) is 13.3. The lowest BCUT2D eigenvalue weighted by atomic mass is 9.85. The largest absolute Gasteiger partial charge is 0.304 e. The quantitative estimate of drug-likeness (QED) is 0.272. The molecule has 0 radical (unpaired) electrons. The zero-order chi connectivity index (χ0) is 23.4. The maximum atomic E-state index is 10.8. The van der Waals surface area contributed by atoms with E-state index in [0.29, 0.717) is 12.8 Å². The maximum Gasteiger partial charge on any atom is 0.304 e. The second kappa shape index (κ2) is 14.9. The Morgan fingerprint density at radius 2 is 0.931 bits per heavy atom. The van der Waals surface area contributed by atoms with E-state index in [-0.39, 0.29) is 11.1 Å². The van der Waals surface area contributed by atoms with Gasteiger partial charge in [-0.15, -0.1) is 0 Å². The van der Waals surface area contributed by atoms with Crippen molar-refractivity contribution in [2.75, 3.05) is 0 Å². The van der Waals surface area contributed by atoms with Crippen LogP contribution in [0.5, 0.6) is 0 Å². The second-order valence-electron chi connectivity index (χ2n) is 4.98. The molecule has 0 atom stereocenters. The Morgan fingerprint density at radius 1 is 0.655 bits per heavy atom. The van der Waals surface area contributed by atoms with Gasteiger partial charge in [0.1, 0.15) is 5.41 Å². The van der Waals surface area contributed by atoms with Crippen LogP contribution in [-0.4, -0.2) is 31.5 Å². The van der Waals surface area contributed by atoms with E-state index in [1.54, 1.807) is 26.0 Å². The van der Waals surface area contributed by atoms with Crippen LogP contribution in [0.4, 0.5) is 0 Å². The monoisotopic (exact) mass is 524 g/mol. The van der Waals surface area contributed by atoms with Gasteiger partial charge in [0.15, 0.2) is 0 Å². The number of halogens is 6. The highest BCUT2D eigenvalue weighted by Gasteiger charge is 2.40. The van der Waals surface area contributed by atoms with Crippen LogP contribution in [0, 0.1) is 5.41 Å². The molecule has 0 aliphatic carbocycles. The minimum absolute atomic E-state index is 0.138. The number of carbonyl (C=O) groups excluding carboxylic acids is 6. The Kier molecular flexibility index (Phi) is 15.5. The van der Waals surface area contributed by atoms with Gasteiger partial charge in [0.25, 0.3) is 10.5 Å². The van der Waals surface area contributed by atoms with Crippen molar-refractivity contribution >= 4 is 101 Å². The van der Waals surface area contributed by atoms with Crippen molar-refractivity contribution < 1.29 is 28.8 Å². The highest BCUT2D eigenvalue weighted by Crippen LogP contribution is 2.31. The van der Waals surface area contributed by atoms with Crippen molar-refractivity contribution in [2.45, 2.75) is 26.7 Å². The van der Waals surface area contributed by atoms with Gasteiger partial charge in [0, 0.05) is 11.1 Å². The van der Waals surface area contributed by atoms with E-state index in [1.165, 1.54) is 12.1 Å². The minimum atomic E-state index is -1.16. The van der Waals surface area contributed by atoms with Crippen LogP contribution in [0.2, 0.25) is 0 Å². The Hall–Kier alpha value is -1.02. The van der Waals surface area contributed by atoms with Crippen LogP contribution in [0.15, 0.2) is 24.3 Å². The third kappa shape index (κ3) is 10.5. The molecule has 0 spiro atoms.